The fraction of sp³-hybridized carbons (Fsp3) is 0.125. The second-order valence-corrected chi connectivity index (χ2v) is 7.43. The maximum Gasteiger partial charge on any atom is 0.319 e. The highest BCUT2D eigenvalue weighted by Crippen LogP contribution is 2.49. The zero-order chi connectivity index (χ0) is 19.8. The molecule has 4 nitrogen and oxygen atoms in total. The maximum atomic E-state index is 13.0. The third kappa shape index (κ3) is 3.36. The highest BCUT2D eigenvalue weighted by atomic mass is 35.5. The molecule has 0 saturated carbocycles. The number of esters is 1. The number of hydrogen-bond donors (Lipinski definition) is 0. The monoisotopic (exact) mass is 404 g/mol. The minimum absolute atomic E-state index is 0.164. The Balaban J connectivity index is 1.62. The Morgan fingerprint density at radius 1 is 0.897 bits per heavy atom. The third-order valence-electron chi connectivity index (χ3n) is 5.21. The summed E-state index contributed by atoms with van der Waals surface area (Å²) >= 11 is 6.05. The molecule has 2 heterocycles. The van der Waals surface area contributed by atoms with Gasteiger partial charge in [0.1, 0.15) is 5.75 Å². The average molecular weight is 405 g/mol. The fourth-order valence-corrected chi connectivity index (χ4v) is 3.92. The van der Waals surface area contributed by atoms with E-state index >= 15 is 0 Å². The molecule has 3 aromatic carbocycles. The van der Waals surface area contributed by atoms with Crippen molar-refractivity contribution in [1.82, 2.24) is 0 Å². The van der Waals surface area contributed by atoms with E-state index in [1.165, 1.54) is 0 Å². The maximum absolute atomic E-state index is 13.0. The highest BCUT2D eigenvalue weighted by molar-refractivity contribution is 6.30. The Hall–Kier alpha value is -3.24. The Bertz CT molecular complexity index is 1090. The second kappa shape index (κ2) is 7.30. The summed E-state index contributed by atoms with van der Waals surface area (Å²) in [7, 11) is 0. The van der Waals surface area contributed by atoms with Gasteiger partial charge in [0.05, 0.1) is 5.92 Å². The number of allylic oxidation sites excluding steroid dienone is 1. The van der Waals surface area contributed by atoms with Gasteiger partial charge < -0.3 is 14.2 Å². The van der Waals surface area contributed by atoms with Gasteiger partial charge in [0.15, 0.2) is 11.5 Å². The van der Waals surface area contributed by atoms with E-state index in [4.69, 9.17) is 25.8 Å². The van der Waals surface area contributed by atoms with E-state index in [-0.39, 0.29) is 18.7 Å². The van der Waals surface area contributed by atoms with Crippen LogP contribution in [0.4, 0.5) is 0 Å². The van der Waals surface area contributed by atoms with Crippen LogP contribution in [-0.4, -0.2) is 12.8 Å². The molecule has 0 unspecified atom stereocenters. The first-order valence-electron chi connectivity index (χ1n) is 9.33. The van der Waals surface area contributed by atoms with E-state index < -0.39 is 5.92 Å². The number of halogens is 1. The van der Waals surface area contributed by atoms with Gasteiger partial charge in [0.25, 0.3) is 0 Å². The molecule has 0 amide bonds. The molecule has 29 heavy (non-hydrogen) atoms. The minimum atomic E-state index is -0.486. The molecule has 0 spiro atoms. The van der Waals surface area contributed by atoms with Gasteiger partial charge in [0, 0.05) is 22.6 Å². The molecule has 2 aliphatic heterocycles. The fourth-order valence-electron chi connectivity index (χ4n) is 3.79. The number of carbonyl (C=O) groups excluding carboxylic acids is 1. The van der Waals surface area contributed by atoms with Gasteiger partial charge >= 0.3 is 5.97 Å². The van der Waals surface area contributed by atoms with Crippen LogP contribution >= 0.6 is 11.6 Å². The number of ether oxygens (including phenoxy) is 3. The summed E-state index contributed by atoms with van der Waals surface area (Å²) in [6.07, 6.45) is 4.08. The molecule has 2 aliphatic rings. The van der Waals surface area contributed by atoms with Crippen LogP contribution in [0.1, 0.15) is 28.5 Å². The lowest BCUT2D eigenvalue weighted by atomic mass is 9.79. The standard InChI is InChI=1S/C24H17ClO4/c25-17-9-7-16(8-10-17)23-18(11-6-15-4-2-1-3-5-15)19-12-21-22(28-14-27-21)13-20(19)29-24(23)26/h1-13,18,23H,14H2/b11-6+/t18-,23-/m1/s1. The first kappa shape index (κ1) is 17.8. The summed E-state index contributed by atoms with van der Waals surface area (Å²) in [5.74, 6) is 0.748. The van der Waals surface area contributed by atoms with Crippen molar-refractivity contribution in [3.8, 4) is 17.2 Å². The van der Waals surface area contributed by atoms with Gasteiger partial charge in [-0.05, 0) is 29.3 Å². The van der Waals surface area contributed by atoms with Crippen molar-refractivity contribution in [2.75, 3.05) is 6.79 Å². The Labute approximate surface area is 173 Å². The van der Waals surface area contributed by atoms with Crippen molar-refractivity contribution in [3.63, 3.8) is 0 Å². The average Bonchev–Trinajstić information content (AvgIpc) is 3.19. The van der Waals surface area contributed by atoms with Crippen LogP contribution in [0.5, 0.6) is 17.2 Å². The van der Waals surface area contributed by atoms with Gasteiger partial charge in [-0.1, -0.05) is 66.2 Å². The molecule has 0 N–H and O–H groups in total. The summed E-state index contributed by atoms with van der Waals surface area (Å²) in [4.78, 5) is 13.0. The molecule has 144 valence electrons. The van der Waals surface area contributed by atoms with Crippen molar-refractivity contribution in [2.24, 2.45) is 0 Å². The van der Waals surface area contributed by atoms with Crippen LogP contribution in [0.15, 0.2) is 72.8 Å². The summed E-state index contributed by atoms with van der Waals surface area (Å²) in [6, 6.07) is 20.9. The van der Waals surface area contributed by atoms with Gasteiger partial charge in [0.2, 0.25) is 6.79 Å². The van der Waals surface area contributed by atoms with Crippen molar-refractivity contribution < 1.29 is 19.0 Å². The van der Waals surface area contributed by atoms with Crippen molar-refractivity contribution in [1.29, 1.82) is 0 Å². The van der Waals surface area contributed by atoms with Gasteiger partial charge in [-0.15, -0.1) is 0 Å². The molecule has 3 aromatic rings. The molecular weight excluding hydrogens is 388 g/mol. The molecule has 2 atom stereocenters. The zero-order valence-electron chi connectivity index (χ0n) is 15.4. The van der Waals surface area contributed by atoms with Crippen LogP contribution < -0.4 is 14.2 Å². The predicted octanol–water partition coefficient (Wildman–Crippen LogP) is 5.57. The van der Waals surface area contributed by atoms with E-state index in [1.807, 2.05) is 54.6 Å². The Morgan fingerprint density at radius 3 is 2.38 bits per heavy atom. The lowest BCUT2D eigenvalue weighted by Gasteiger charge is -2.30. The van der Waals surface area contributed by atoms with E-state index in [0.717, 1.165) is 16.7 Å². The first-order valence-corrected chi connectivity index (χ1v) is 9.71. The summed E-state index contributed by atoms with van der Waals surface area (Å²) in [5.41, 5.74) is 2.80. The molecule has 0 radical (unpaired) electrons. The van der Waals surface area contributed by atoms with Crippen molar-refractivity contribution >= 4 is 23.6 Å². The number of rotatable bonds is 3. The van der Waals surface area contributed by atoms with Gasteiger partial charge in [-0.3, -0.25) is 4.79 Å². The Morgan fingerprint density at radius 2 is 1.62 bits per heavy atom. The van der Waals surface area contributed by atoms with Crippen LogP contribution in [0.2, 0.25) is 5.02 Å². The number of carbonyl (C=O) groups is 1. The van der Waals surface area contributed by atoms with Gasteiger partial charge in [-0.25, -0.2) is 0 Å². The van der Waals surface area contributed by atoms with Crippen molar-refractivity contribution in [3.05, 3.63) is 94.5 Å². The SMILES string of the molecule is O=C1Oc2cc3c(cc2[C@@H](/C=C/c2ccccc2)[C@H]1c1ccc(Cl)cc1)OCO3. The molecule has 5 rings (SSSR count). The second-order valence-electron chi connectivity index (χ2n) is 6.99. The number of hydrogen-bond acceptors (Lipinski definition) is 4. The van der Waals surface area contributed by atoms with E-state index in [2.05, 4.69) is 6.08 Å². The summed E-state index contributed by atoms with van der Waals surface area (Å²) in [6.45, 7) is 0.164. The summed E-state index contributed by atoms with van der Waals surface area (Å²) < 4.78 is 16.7. The van der Waals surface area contributed by atoms with E-state index in [1.54, 1.807) is 18.2 Å². The highest BCUT2D eigenvalue weighted by Gasteiger charge is 2.39. The molecular formula is C24H17ClO4. The quantitative estimate of drug-likeness (QED) is 0.423. The molecule has 0 fully saturated rings. The molecule has 0 bridgehead atoms. The largest absolute Gasteiger partial charge is 0.454 e. The normalized spacial score (nSPS) is 19.8. The first-order chi connectivity index (χ1) is 14.2. The lowest BCUT2D eigenvalue weighted by molar-refractivity contribution is -0.137. The van der Waals surface area contributed by atoms with Crippen molar-refractivity contribution in [2.45, 2.75) is 11.8 Å². The van der Waals surface area contributed by atoms with E-state index in [0.29, 0.717) is 22.3 Å². The van der Waals surface area contributed by atoms with Gasteiger partial charge in [-0.2, -0.15) is 0 Å². The smallest absolute Gasteiger partial charge is 0.319 e. The molecule has 0 aromatic heterocycles. The lowest BCUT2D eigenvalue weighted by Crippen LogP contribution is -2.29. The molecule has 0 saturated heterocycles. The number of fused-ring (bicyclic) bond motifs is 2. The van der Waals surface area contributed by atoms with Crippen LogP contribution in [-0.2, 0) is 4.79 Å². The van der Waals surface area contributed by atoms with E-state index in [9.17, 15) is 4.79 Å². The molecule has 0 aliphatic carbocycles. The topological polar surface area (TPSA) is 44.8 Å². The zero-order valence-corrected chi connectivity index (χ0v) is 16.1. The van der Waals surface area contributed by atoms with Crippen LogP contribution in [0.3, 0.4) is 0 Å². The van der Waals surface area contributed by atoms with Crippen LogP contribution in [0.25, 0.3) is 6.08 Å². The Kier molecular flexibility index (Phi) is 4.49. The predicted molar refractivity (Wildman–Crippen MR) is 111 cm³/mol. The minimum Gasteiger partial charge on any atom is -0.454 e. The number of benzene rings is 3. The third-order valence-corrected chi connectivity index (χ3v) is 5.46. The molecule has 5 heteroatoms. The summed E-state index contributed by atoms with van der Waals surface area (Å²) in [5, 5.41) is 0.623. The van der Waals surface area contributed by atoms with Crippen LogP contribution in [0, 0.1) is 0 Å².